The van der Waals surface area contributed by atoms with E-state index in [4.69, 9.17) is 0 Å². The number of alkyl halides is 3. The molecule has 0 unspecified atom stereocenters. The molecule has 0 aliphatic heterocycles. The van der Waals surface area contributed by atoms with Crippen molar-refractivity contribution in [2.24, 2.45) is 0 Å². The van der Waals surface area contributed by atoms with Crippen LogP contribution in [0.15, 0.2) is 30.6 Å². The Balaban J connectivity index is 2.40. The third-order valence-corrected chi connectivity index (χ3v) is 2.85. The molecule has 0 spiro atoms. The molecule has 1 heterocycles. The summed E-state index contributed by atoms with van der Waals surface area (Å²) in [5.41, 5.74) is 3.01. The first-order valence-corrected chi connectivity index (χ1v) is 5.53. The zero-order valence-electron chi connectivity index (χ0n) is 10.1. The Morgan fingerprint density at radius 3 is 2.44 bits per heavy atom. The van der Waals surface area contributed by atoms with E-state index in [1.165, 1.54) is 6.33 Å². The molecule has 0 saturated heterocycles. The highest BCUT2D eigenvalue weighted by atomic mass is 19.4. The zero-order valence-corrected chi connectivity index (χ0v) is 10.1. The predicted molar refractivity (Wildman–Crippen MR) is 63.2 cm³/mol. The molecule has 96 valence electrons. The number of hydrogen-bond donors (Lipinski definition) is 0. The van der Waals surface area contributed by atoms with Crippen LogP contribution in [-0.2, 0) is 6.54 Å². The maximum atomic E-state index is 12.4. The van der Waals surface area contributed by atoms with Crippen LogP contribution >= 0.6 is 0 Å². The molecule has 18 heavy (non-hydrogen) atoms. The van der Waals surface area contributed by atoms with Gasteiger partial charge in [0, 0.05) is 11.3 Å². The minimum atomic E-state index is -4.23. The van der Waals surface area contributed by atoms with Crippen molar-refractivity contribution in [3.8, 4) is 11.3 Å². The lowest BCUT2D eigenvalue weighted by Gasteiger charge is -2.09. The van der Waals surface area contributed by atoms with E-state index in [-0.39, 0.29) is 0 Å². The van der Waals surface area contributed by atoms with Gasteiger partial charge in [0.2, 0.25) is 0 Å². The van der Waals surface area contributed by atoms with Crippen molar-refractivity contribution in [2.45, 2.75) is 26.6 Å². The van der Waals surface area contributed by atoms with Gasteiger partial charge in [-0.1, -0.05) is 24.3 Å². The standard InChI is InChI=1S/C13H13F3N2/c1-9-5-3-4-6-11(9)12-10(2)18(8-17-12)7-13(14,15)16/h3-6,8H,7H2,1-2H3. The van der Waals surface area contributed by atoms with Gasteiger partial charge in [-0.05, 0) is 19.4 Å². The minimum Gasteiger partial charge on any atom is -0.325 e. The monoisotopic (exact) mass is 254 g/mol. The van der Waals surface area contributed by atoms with Crippen molar-refractivity contribution < 1.29 is 13.2 Å². The van der Waals surface area contributed by atoms with Crippen LogP contribution in [0.3, 0.4) is 0 Å². The molecule has 2 nitrogen and oxygen atoms in total. The molecular weight excluding hydrogens is 241 g/mol. The van der Waals surface area contributed by atoms with Crippen molar-refractivity contribution in [1.29, 1.82) is 0 Å². The van der Waals surface area contributed by atoms with Crippen LogP contribution in [0, 0.1) is 13.8 Å². The summed E-state index contributed by atoms with van der Waals surface area (Å²) >= 11 is 0. The van der Waals surface area contributed by atoms with Gasteiger partial charge in [-0.3, -0.25) is 0 Å². The van der Waals surface area contributed by atoms with E-state index in [0.717, 1.165) is 15.7 Å². The van der Waals surface area contributed by atoms with Crippen LogP contribution in [0.4, 0.5) is 13.2 Å². The van der Waals surface area contributed by atoms with Gasteiger partial charge < -0.3 is 4.57 Å². The summed E-state index contributed by atoms with van der Waals surface area (Å²) in [4.78, 5) is 4.09. The Hall–Kier alpha value is -1.78. The van der Waals surface area contributed by atoms with Crippen LogP contribution in [0.25, 0.3) is 11.3 Å². The molecule has 0 amide bonds. The first-order chi connectivity index (χ1) is 8.38. The summed E-state index contributed by atoms with van der Waals surface area (Å²) in [6.07, 6.45) is -2.99. The van der Waals surface area contributed by atoms with Crippen molar-refractivity contribution in [3.63, 3.8) is 0 Å². The second kappa shape index (κ2) is 4.48. The van der Waals surface area contributed by atoms with Crippen molar-refractivity contribution in [1.82, 2.24) is 9.55 Å². The third-order valence-electron chi connectivity index (χ3n) is 2.85. The number of rotatable bonds is 2. The number of aromatic nitrogens is 2. The first-order valence-electron chi connectivity index (χ1n) is 5.53. The van der Waals surface area contributed by atoms with E-state index >= 15 is 0 Å². The van der Waals surface area contributed by atoms with E-state index in [1.807, 2.05) is 31.2 Å². The van der Waals surface area contributed by atoms with E-state index in [0.29, 0.717) is 11.4 Å². The van der Waals surface area contributed by atoms with Crippen LogP contribution in [-0.4, -0.2) is 15.7 Å². The summed E-state index contributed by atoms with van der Waals surface area (Å²) < 4.78 is 38.2. The summed E-state index contributed by atoms with van der Waals surface area (Å²) in [7, 11) is 0. The summed E-state index contributed by atoms with van der Waals surface area (Å²) in [5, 5.41) is 0. The SMILES string of the molecule is Cc1ccccc1-c1ncn(CC(F)(F)F)c1C. The van der Waals surface area contributed by atoms with Crippen LogP contribution in [0.2, 0.25) is 0 Å². The van der Waals surface area contributed by atoms with Gasteiger partial charge in [-0.25, -0.2) is 4.98 Å². The number of hydrogen-bond acceptors (Lipinski definition) is 1. The quantitative estimate of drug-likeness (QED) is 0.798. The van der Waals surface area contributed by atoms with E-state index in [9.17, 15) is 13.2 Å². The predicted octanol–water partition coefficient (Wildman–Crippen LogP) is 3.73. The third kappa shape index (κ3) is 2.55. The lowest BCUT2D eigenvalue weighted by Crippen LogP contribution is -2.17. The Morgan fingerprint density at radius 1 is 1.17 bits per heavy atom. The molecule has 0 radical (unpaired) electrons. The number of benzene rings is 1. The fourth-order valence-corrected chi connectivity index (χ4v) is 1.90. The van der Waals surface area contributed by atoms with Crippen molar-refractivity contribution in [2.75, 3.05) is 0 Å². The molecule has 2 rings (SSSR count). The zero-order chi connectivity index (χ0) is 13.3. The second-order valence-corrected chi connectivity index (χ2v) is 4.24. The highest BCUT2D eigenvalue weighted by Crippen LogP contribution is 2.26. The molecule has 2 aromatic rings. The maximum absolute atomic E-state index is 12.4. The van der Waals surface area contributed by atoms with Crippen molar-refractivity contribution in [3.05, 3.63) is 41.9 Å². The summed E-state index contributed by atoms with van der Waals surface area (Å²) in [5.74, 6) is 0. The molecule has 1 aromatic heterocycles. The Morgan fingerprint density at radius 2 is 1.83 bits per heavy atom. The average Bonchev–Trinajstić information content (AvgIpc) is 2.59. The average molecular weight is 254 g/mol. The summed E-state index contributed by atoms with van der Waals surface area (Å²) in [6.45, 7) is 2.57. The lowest BCUT2D eigenvalue weighted by molar-refractivity contribution is -0.140. The van der Waals surface area contributed by atoms with Gasteiger partial charge in [0.15, 0.2) is 0 Å². The molecule has 5 heteroatoms. The lowest BCUT2D eigenvalue weighted by atomic mass is 10.0. The summed E-state index contributed by atoms with van der Waals surface area (Å²) in [6, 6.07) is 7.52. The normalized spacial score (nSPS) is 11.8. The second-order valence-electron chi connectivity index (χ2n) is 4.24. The number of halogens is 3. The Bertz CT molecular complexity index is 556. The van der Waals surface area contributed by atoms with Gasteiger partial charge in [-0.2, -0.15) is 13.2 Å². The largest absolute Gasteiger partial charge is 0.406 e. The van der Waals surface area contributed by atoms with E-state index in [2.05, 4.69) is 4.98 Å². The first kappa shape index (κ1) is 12.7. The smallest absolute Gasteiger partial charge is 0.325 e. The minimum absolute atomic E-state index is 0.529. The molecule has 0 saturated carbocycles. The Kier molecular flexibility index (Phi) is 3.15. The molecule has 0 aliphatic carbocycles. The van der Waals surface area contributed by atoms with Gasteiger partial charge in [-0.15, -0.1) is 0 Å². The van der Waals surface area contributed by atoms with Crippen LogP contribution in [0.1, 0.15) is 11.3 Å². The molecule has 0 N–H and O–H groups in total. The van der Waals surface area contributed by atoms with Gasteiger partial charge in [0.25, 0.3) is 0 Å². The highest BCUT2D eigenvalue weighted by Gasteiger charge is 2.29. The van der Waals surface area contributed by atoms with Gasteiger partial charge >= 0.3 is 6.18 Å². The Labute approximate surface area is 103 Å². The molecule has 0 atom stereocenters. The number of imidazole rings is 1. The molecule has 1 aromatic carbocycles. The van der Waals surface area contributed by atoms with Gasteiger partial charge in [0.05, 0.1) is 12.0 Å². The van der Waals surface area contributed by atoms with Crippen molar-refractivity contribution >= 4 is 0 Å². The molecular formula is C13H13F3N2. The van der Waals surface area contributed by atoms with E-state index < -0.39 is 12.7 Å². The number of aryl methyl sites for hydroxylation is 1. The highest BCUT2D eigenvalue weighted by molar-refractivity contribution is 5.65. The maximum Gasteiger partial charge on any atom is 0.406 e. The molecule has 0 fully saturated rings. The van der Waals surface area contributed by atoms with Crippen LogP contribution in [0.5, 0.6) is 0 Å². The van der Waals surface area contributed by atoms with Gasteiger partial charge in [0.1, 0.15) is 6.54 Å². The van der Waals surface area contributed by atoms with Crippen LogP contribution < -0.4 is 0 Å². The fraction of sp³-hybridized carbons (Fsp3) is 0.308. The number of nitrogens with zero attached hydrogens (tertiary/aromatic N) is 2. The van der Waals surface area contributed by atoms with E-state index in [1.54, 1.807) is 6.92 Å². The molecule has 0 aliphatic rings. The topological polar surface area (TPSA) is 17.8 Å². The fourth-order valence-electron chi connectivity index (χ4n) is 1.90. The molecule has 0 bridgehead atoms.